The monoisotopic (exact) mass is 461 g/mol. The largest absolute Gasteiger partial charge is 0.459 e. The fraction of sp³-hybridized carbons (Fsp3) is 0.385. The zero-order valence-electron chi connectivity index (χ0n) is 20.0. The summed E-state index contributed by atoms with van der Waals surface area (Å²) in [5.74, 6) is 0.725. The fourth-order valence-corrected chi connectivity index (χ4v) is 4.04. The maximum absolute atomic E-state index is 13.1. The van der Waals surface area contributed by atoms with Crippen LogP contribution in [0.25, 0.3) is 11.3 Å². The molecule has 2 amide bonds. The number of anilines is 1. The third-order valence-electron chi connectivity index (χ3n) is 6.09. The molecule has 0 unspecified atom stereocenters. The topological polar surface area (TPSA) is 82.8 Å². The Morgan fingerprint density at radius 2 is 1.79 bits per heavy atom. The van der Waals surface area contributed by atoms with Crippen molar-refractivity contribution in [2.45, 2.75) is 33.2 Å². The van der Waals surface area contributed by atoms with Crippen LogP contribution in [0.4, 0.5) is 5.82 Å². The van der Waals surface area contributed by atoms with Crippen molar-refractivity contribution in [2.24, 2.45) is 0 Å². The first-order valence-electron chi connectivity index (χ1n) is 11.7. The van der Waals surface area contributed by atoms with Gasteiger partial charge in [0.2, 0.25) is 5.91 Å². The highest BCUT2D eigenvalue weighted by Gasteiger charge is 2.27. The summed E-state index contributed by atoms with van der Waals surface area (Å²) in [7, 11) is 0. The lowest BCUT2D eigenvalue weighted by Gasteiger charge is -2.29. The van der Waals surface area contributed by atoms with E-state index >= 15 is 0 Å². The predicted octanol–water partition coefficient (Wildman–Crippen LogP) is 3.63. The Labute approximate surface area is 200 Å². The molecule has 0 radical (unpaired) electrons. The molecular formula is C26H31N5O3. The van der Waals surface area contributed by atoms with Crippen molar-refractivity contribution in [2.75, 3.05) is 37.6 Å². The molecular weight excluding hydrogens is 430 g/mol. The number of benzene rings is 1. The summed E-state index contributed by atoms with van der Waals surface area (Å²) < 4.78 is 5.24. The Hall–Kier alpha value is -3.68. The summed E-state index contributed by atoms with van der Waals surface area (Å²) in [6.45, 7) is 8.56. The Bertz CT molecular complexity index is 1090. The Morgan fingerprint density at radius 3 is 2.44 bits per heavy atom. The van der Waals surface area contributed by atoms with Gasteiger partial charge in [-0.2, -0.15) is 0 Å². The molecule has 1 saturated heterocycles. The van der Waals surface area contributed by atoms with Crippen molar-refractivity contribution in [1.29, 1.82) is 0 Å². The number of furan rings is 1. The zero-order chi connectivity index (χ0) is 24.1. The van der Waals surface area contributed by atoms with Crippen LogP contribution in [-0.2, 0) is 4.79 Å². The summed E-state index contributed by atoms with van der Waals surface area (Å²) in [5.41, 5.74) is 3.08. The summed E-state index contributed by atoms with van der Waals surface area (Å²) in [5, 5.41) is 8.86. The van der Waals surface area contributed by atoms with Crippen LogP contribution in [0.5, 0.6) is 0 Å². The molecule has 2 aromatic heterocycles. The number of aromatic nitrogens is 2. The molecule has 178 valence electrons. The molecule has 0 N–H and O–H groups in total. The van der Waals surface area contributed by atoms with Crippen LogP contribution in [0, 0.1) is 6.92 Å². The van der Waals surface area contributed by atoms with Crippen LogP contribution in [-0.4, -0.2) is 70.6 Å². The Balaban J connectivity index is 1.37. The summed E-state index contributed by atoms with van der Waals surface area (Å²) in [6.07, 6.45) is 2.29. The summed E-state index contributed by atoms with van der Waals surface area (Å²) in [4.78, 5) is 31.4. The van der Waals surface area contributed by atoms with Gasteiger partial charge in [0, 0.05) is 37.8 Å². The second-order valence-electron chi connectivity index (χ2n) is 8.87. The SMILES string of the molecule is Cc1ccc(-c2ccc(N3CCCN(C(=O)CN(C(=O)c4ccco4)C(C)C)CC3)nn2)cc1. The van der Waals surface area contributed by atoms with Crippen molar-refractivity contribution < 1.29 is 14.0 Å². The lowest BCUT2D eigenvalue weighted by molar-refractivity contribution is -0.132. The van der Waals surface area contributed by atoms with Crippen LogP contribution in [0.2, 0.25) is 0 Å². The number of rotatable bonds is 6. The molecule has 1 aliphatic heterocycles. The predicted molar refractivity (Wildman–Crippen MR) is 130 cm³/mol. The smallest absolute Gasteiger partial charge is 0.290 e. The number of aryl methyl sites for hydroxylation is 1. The minimum Gasteiger partial charge on any atom is -0.459 e. The number of amides is 2. The summed E-state index contributed by atoms with van der Waals surface area (Å²) >= 11 is 0. The van der Waals surface area contributed by atoms with Gasteiger partial charge in [-0.1, -0.05) is 29.8 Å². The van der Waals surface area contributed by atoms with E-state index in [2.05, 4.69) is 34.2 Å². The average Bonchev–Trinajstić information content (AvgIpc) is 3.27. The highest BCUT2D eigenvalue weighted by molar-refractivity contribution is 5.94. The number of hydrogen-bond donors (Lipinski definition) is 0. The molecule has 0 aliphatic carbocycles. The molecule has 3 heterocycles. The van der Waals surface area contributed by atoms with E-state index in [0.29, 0.717) is 19.6 Å². The van der Waals surface area contributed by atoms with Gasteiger partial charge in [-0.05, 0) is 51.5 Å². The van der Waals surface area contributed by atoms with Gasteiger partial charge in [-0.15, -0.1) is 10.2 Å². The van der Waals surface area contributed by atoms with E-state index in [-0.39, 0.29) is 30.2 Å². The van der Waals surface area contributed by atoms with Gasteiger partial charge in [0.15, 0.2) is 11.6 Å². The second kappa shape index (κ2) is 10.5. The van der Waals surface area contributed by atoms with Gasteiger partial charge in [-0.25, -0.2) is 0 Å². The first-order valence-corrected chi connectivity index (χ1v) is 11.7. The molecule has 0 saturated carbocycles. The Kier molecular flexibility index (Phi) is 7.25. The maximum atomic E-state index is 13.1. The second-order valence-corrected chi connectivity index (χ2v) is 8.87. The third kappa shape index (κ3) is 5.44. The van der Waals surface area contributed by atoms with Gasteiger partial charge in [0.25, 0.3) is 5.91 Å². The minimum atomic E-state index is -0.270. The number of nitrogens with zero attached hydrogens (tertiary/aromatic N) is 5. The number of carbonyl (C=O) groups excluding carboxylic acids is 2. The zero-order valence-corrected chi connectivity index (χ0v) is 20.0. The molecule has 34 heavy (non-hydrogen) atoms. The van der Waals surface area contributed by atoms with Crippen LogP contribution < -0.4 is 4.90 Å². The van der Waals surface area contributed by atoms with Crippen molar-refractivity contribution in [3.05, 3.63) is 66.1 Å². The molecule has 8 heteroatoms. The normalized spacial score (nSPS) is 14.2. The van der Waals surface area contributed by atoms with E-state index in [1.165, 1.54) is 11.8 Å². The van der Waals surface area contributed by atoms with Gasteiger partial charge in [0.05, 0.1) is 12.0 Å². The molecule has 1 aliphatic rings. The van der Waals surface area contributed by atoms with Crippen LogP contribution in [0.3, 0.4) is 0 Å². The molecule has 1 fully saturated rings. The van der Waals surface area contributed by atoms with E-state index in [9.17, 15) is 9.59 Å². The van der Waals surface area contributed by atoms with Crippen LogP contribution in [0.15, 0.2) is 59.2 Å². The highest BCUT2D eigenvalue weighted by Crippen LogP contribution is 2.20. The lowest BCUT2D eigenvalue weighted by atomic mass is 10.1. The van der Waals surface area contributed by atoms with Gasteiger partial charge < -0.3 is 19.1 Å². The average molecular weight is 462 g/mol. The number of carbonyl (C=O) groups is 2. The molecule has 0 bridgehead atoms. The first kappa shape index (κ1) is 23.5. The van der Waals surface area contributed by atoms with E-state index in [4.69, 9.17) is 4.42 Å². The van der Waals surface area contributed by atoms with Crippen LogP contribution >= 0.6 is 0 Å². The molecule has 3 aromatic rings. The van der Waals surface area contributed by atoms with Crippen molar-refractivity contribution >= 4 is 17.6 Å². The van der Waals surface area contributed by atoms with Gasteiger partial charge in [0.1, 0.15) is 6.54 Å². The van der Waals surface area contributed by atoms with Gasteiger partial charge >= 0.3 is 0 Å². The molecule has 0 spiro atoms. The van der Waals surface area contributed by atoms with Crippen molar-refractivity contribution in [3.8, 4) is 11.3 Å². The fourth-order valence-electron chi connectivity index (χ4n) is 4.04. The lowest BCUT2D eigenvalue weighted by Crippen LogP contribution is -2.46. The molecule has 0 atom stereocenters. The highest BCUT2D eigenvalue weighted by atomic mass is 16.3. The van der Waals surface area contributed by atoms with Gasteiger partial charge in [-0.3, -0.25) is 9.59 Å². The molecule has 1 aromatic carbocycles. The number of hydrogen-bond acceptors (Lipinski definition) is 6. The van der Waals surface area contributed by atoms with E-state index in [1.807, 2.05) is 43.0 Å². The standard InChI is InChI=1S/C26H31N5O3/c1-19(2)31(26(33)23-6-4-17-34-23)18-25(32)30-14-5-13-29(15-16-30)24-12-11-22(27-28-24)21-9-7-20(3)8-10-21/h4,6-12,17,19H,5,13-16,18H2,1-3H3. The van der Waals surface area contributed by atoms with E-state index in [1.54, 1.807) is 17.0 Å². The summed E-state index contributed by atoms with van der Waals surface area (Å²) in [6, 6.07) is 15.4. The van der Waals surface area contributed by atoms with E-state index in [0.717, 1.165) is 30.0 Å². The molecule has 8 nitrogen and oxygen atoms in total. The quantitative estimate of drug-likeness (QED) is 0.558. The van der Waals surface area contributed by atoms with Crippen molar-refractivity contribution in [1.82, 2.24) is 20.0 Å². The first-order chi connectivity index (χ1) is 16.4. The van der Waals surface area contributed by atoms with E-state index < -0.39 is 0 Å². The van der Waals surface area contributed by atoms with Crippen LogP contribution in [0.1, 0.15) is 36.4 Å². The third-order valence-corrected chi connectivity index (χ3v) is 6.09. The Morgan fingerprint density at radius 1 is 1.00 bits per heavy atom. The molecule has 4 rings (SSSR count). The minimum absolute atomic E-state index is 0.0300. The van der Waals surface area contributed by atoms with Crippen molar-refractivity contribution in [3.63, 3.8) is 0 Å². The maximum Gasteiger partial charge on any atom is 0.290 e.